The zero-order chi connectivity index (χ0) is 21.5. The second-order valence-corrected chi connectivity index (χ2v) is 7.43. The van der Waals surface area contributed by atoms with Crippen molar-refractivity contribution in [2.75, 3.05) is 37.9 Å². The van der Waals surface area contributed by atoms with E-state index in [1.807, 2.05) is 0 Å². The Bertz CT molecular complexity index is 910. The monoisotopic (exact) mass is 411 g/mol. The molecule has 0 heterocycles. The molecule has 1 unspecified atom stereocenters. The average Bonchev–Trinajstić information content (AvgIpc) is 3.52. The van der Waals surface area contributed by atoms with Gasteiger partial charge in [0.25, 0.3) is 17.7 Å². The number of methoxy groups -OCH3 is 1. The van der Waals surface area contributed by atoms with Crippen molar-refractivity contribution >= 4 is 29.1 Å². The number of anilines is 2. The van der Waals surface area contributed by atoms with Crippen LogP contribution >= 0.6 is 0 Å². The molecule has 158 valence electrons. The van der Waals surface area contributed by atoms with Gasteiger partial charge in [-0.2, -0.15) is 0 Å². The van der Waals surface area contributed by atoms with Crippen LogP contribution in [-0.2, 0) is 9.59 Å². The zero-order valence-electron chi connectivity index (χ0n) is 17.2. The highest BCUT2D eigenvalue weighted by atomic mass is 16.5. The fraction of sp³-hybridized carbons (Fsp3) is 0.318. The average molecular weight is 411 g/mol. The van der Waals surface area contributed by atoms with Crippen molar-refractivity contribution in [1.29, 1.82) is 0 Å². The second kappa shape index (κ2) is 9.89. The molecule has 0 spiro atoms. The van der Waals surface area contributed by atoms with Gasteiger partial charge < -0.3 is 25.6 Å². The van der Waals surface area contributed by atoms with Crippen LogP contribution in [0.4, 0.5) is 11.4 Å². The summed E-state index contributed by atoms with van der Waals surface area (Å²) in [5, 5.41) is 8.51. The van der Waals surface area contributed by atoms with Crippen molar-refractivity contribution in [1.82, 2.24) is 5.32 Å². The van der Waals surface area contributed by atoms with Crippen LogP contribution < -0.4 is 25.6 Å². The van der Waals surface area contributed by atoms with Gasteiger partial charge in [0.15, 0.2) is 13.1 Å². The predicted molar refractivity (Wildman–Crippen MR) is 114 cm³/mol. The maximum Gasteiger partial charge on any atom is 0.279 e. The van der Waals surface area contributed by atoms with Crippen molar-refractivity contribution in [3.8, 4) is 5.75 Å². The maximum absolute atomic E-state index is 12.4. The summed E-state index contributed by atoms with van der Waals surface area (Å²) in [7, 11) is 3.34. The number of ether oxygens (including phenoxy) is 1. The normalized spacial score (nSPS) is 13.8. The molecule has 2 aromatic rings. The summed E-state index contributed by atoms with van der Waals surface area (Å²) in [6.45, 7) is 0.220. The minimum absolute atomic E-state index is 0.0919. The third-order valence-corrected chi connectivity index (χ3v) is 4.66. The number of nitrogens with one attached hydrogen (secondary N) is 4. The fourth-order valence-electron chi connectivity index (χ4n) is 2.97. The molecule has 1 aliphatic rings. The second-order valence-electron chi connectivity index (χ2n) is 7.43. The third kappa shape index (κ3) is 6.31. The number of hydrogen-bond acceptors (Lipinski definition) is 4. The molecule has 1 saturated carbocycles. The molecular formula is C22H27N4O4+. The van der Waals surface area contributed by atoms with Gasteiger partial charge in [-0.05, 0) is 49.2 Å². The van der Waals surface area contributed by atoms with Crippen LogP contribution in [0.5, 0.6) is 5.75 Å². The summed E-state index contributed by atoms with van der Waals surface area (Å²) in [6.07, 6.45) is 1.99. The van der Waals surface area contributed by atoms with Crippen LogP contribution in [0.1, 0.15) is 23.2 Å². The Kier molecular flexibility index (Phi) is 7.03. The number of likely N-dealkylation sites (N-methyl/N-ethyl adjacent to an activating group) is 1. The third-order valence-electron chi connectivity index (χ3n) is 4.66. The standard InChI is InChI=1S/C22H26N4O4/c1-26(13-20(27)23-15-9-11-17(30-2)12-10-15)14-21(28)25-19-6-4-3-5-18(19)22(29)24-16-7-8-16/h3-6,9-12,16H,7-8,13-14H2,1-2H3,(H,23,27)(H,24,29)(H,25,28)/p+1. The number of para-hydroxylation sites is 1. The summed E-state index contributed by atoms with van der Waals surface area (Å²) < 4.78 is 5.09. The highest BCUT2D eigenvalue weighted by molar-refractivity contribution is 6.04. The highest BCUT2D eigenvalue weighted by Crippen LogP contribution is 2.21. The quantitative estimate of drug-likeness (QED) is 0.487. The topological polar surface area (TPSA) is 101 Å². The number of rotatable bonds is 9. The molecule has 3 amide bonds. The van der Waals surface area contributed by atoms with Gasteiger partial charge in [0.05, 0.1) is 25.4 Å². The molecule has 0 radical (unpaired) electrons. The predicted octanol–water partition coefficient (Wildman–Crippen LogP) is 0.679. The van der Waals surface area contributed by atoms with E-state index in [1.165, 1.54) is 0 Å². The van der Waals surface area contributed by atoms with E-state index in [1.54, 1.807) is 62.7 Å². The van der Waals surface area contributed by atoms with Gasteiger partial charge in [0.1, 0.15) is 5.75 Å². The molecule has 0 aromatic heterocycles. The van der Waals surface area contributed by atoms with Gasteiger partial charge >= 0.3 is 0 Å². The Morgan fingerprint density at radius 3 is 2.23 bits per heavy atom. The number of carbonyl (C=O) groups is 3. The summed E-state index contributed by atoms with van der Waals surface area (Å²) in [5.41, 5.74) is 1.57. The molecule has 0 saturated heterocycles. The van der Waals surface area contributed by atoms with E-state index in [2.05, 4.69) is 16.0 Å². The maximum atomic E-state index is 12.4. The fourth-order valence-corrected chi connectivity index (χ4v) is 2.97. The Labute approximate surface area is 175 Å². The van der Waals surface area contributed by atoms with E-state index in [0.29, 0.717) is 22.7 Å². The zero-order valence-corrected chi connectivity index (χ0v) is 17.2. The lowest BCUT2D eigenvalue weighted by Gasteiger charge is -2.15. The Hall–Kier alpha value is -3.39. The molecule has 2 aromatic carbocycles. The summed E-state index contributed by atoms with van der Waals surface area (Å²) >= 11 is 0. The van der Waals surface area contributed by atoms with Gasteiger partial charge in [-0.1, -0.05) is 12.1 Å². The number of quaternary nitrogens is 1. The first kappa shape index (κ1) is 21.3. The van der Waals surface area contributed by atoms with Crippen LogP contribution in [-0.4, -0.2) is 51.0 Å². The molecule has 8 heteroatoms. The highest BCUT2D eigenvalue weighted by Gasteiger charge is 2.25. The van der Waals surface area contributed by atoms with Gasteiger partial charge in [-0.25, -0.2) is 0 Å². The van der Waals surface area contributed by atoms with E-state index in [4.69, 9.17) is 4.74 Å². The van der Waals surface area contributed by atoms with Crippen molar-refractivity contribution < 1.29 is 24.0 Å². The van der Waals surface area contributed by atoms with Gasteiger partial charge in [0.2, 0.25) is 0 Å². The lowest BCUT2D eigenvalue weighted by molar-refractivity contribution is -0.862. The Balaban J connectivity index is 1.49. The largest absolute Gasteiger partial charge is 0.497 e. The summed E-state index contributed by atoms with van der Waals surface area (Å²) in [4.78, 5) is 37.7. The smallest absolute Gasteiger partial charge is 0.279 e. The number of carbonyl (C=O) groups excluding carboxylic acids is 3. The van der Waals surface area contributed by atoms with E-state index >= 15 is 0 Å². The molecule has 1 atom stereocenters. The van der Waals surface area contributed by atoms with Gasteiger partial charge in [-0.3, -0.25) is 14.4 Å². The molecule has 8 nitrogen and oxygen atoms in total. The van der Waals surface area contributed by atoms with Crippen molar-refractivity contribution in [2.24, 2.45) is 0 Å². The number of hydrogen-bond donors (Lipinski definition) is 4. The molecule has 4 N–H and O–H groups in total. The van der Waals surface area contributed by atoms with Crippen LogP contribution in [0.3, 0.4) is 0 Å². The number of benzene rings is 2. The van der Waals surface area contributed by atoms with E-state index in [9.17, 15) is 14.4 Å². The van der Waals surface area contributed by atoms with E-state index < -0.39 is 0 Å². The summed E-state index contributed by atoms with van der Waals surface area (Å²) in [6, 6.07) is 14.2. The lowest BCUT2D eigenvalue weighted by atomic mass is 10.1. The van der Waals surface area contributed by atoms with Crippen LogP contribution in [0.15, 0.2) is 48.5 Å². The molecule has 0 aliphatic heterocycles. The summed E-state index contributed by atoms with van der Waals surface area (Å²) in [5.74, 6) is 0.0533. The molecule has 30 heavy (non-hydrogen) atoms. The van der Waals surface area contributed by atoms with Gasteiger partial charge in [0, 0.05) is 11.7 Å². The first-order valence-electron chi connectivity index (χ1n) is 9.89. The van der Waals surface area contributed by atoms with Crippen LogP contribution in [0.25, 0.3) is 0 Å². The first-order chi connectivity index (χ1) is 14.4. The molecule has 3 rings (SSSR count). The molecule has 1 fully saturated rings. The lowest BCUT2D eigenvalue weighted by Crippen LogP contribution is -3.11. The van der Waals surface area contributed by atoms with Crippen LogP contribution in [0.2, 0.25) is 0 Å². The van der Waals surface area contributed by atoms with E-state index in [0.717, 1.165) is 17.7 Å². The van der Waals surface area contributed by atoms with Crippen molar-refractivity contribution in [2.45, 2.75) is 18.9 Å². The Morgan fingerprint density at radius 2 is 1.60 bits per heavy atom. The molecular weight excluding hydrogens is 384 g/mol. The van der Waals surface area contributed by atoms with Crippen molar-refractivity contribution in [3.63, 3.8) is 0 Å². The number of amides is 3. The minimum Gasteiger partial charge on any atom is -0.497 e. The minimum atomic E-state index is -0.267. The molecule has 1 aliphatic carbocycles. The molecule has 0 bridgehead atoms. The first-order valence-corrected chi connectivity index (χ1v) is 9.89. The van der Waals surface area contributed by atoms with E-state index in [-0.39, 0.29) is 36.9 Å². The van der Waals surface area contributed by atoms with Crippen molar-refractivity contribution in [3.05, 3.63) is 54.1 Å². The van der Waals surface area contributed by atoms with Gasteiger partial charge in [-0.15, -0.1) is 0 Å². The Morgan fingerprint density at radius 1 is 0.967 bits per heavy atom. The SMILES string of the molecule is COc1ccc(NC(=O)C[NH+](C)CC(=O)Nc2ccccc2C(=O)NC2CC2)cc1. The van der Waals surface area contributed by atoms with Crippen LogP contribution in [0, 0.1) is 0 Å².